The Morgan fingerprint density at radius 3 is 2.24 bits per heavy atom. The Labute approximate surface area is 221 Å². The lowest BCUT2D eigenvalue weighted by molar-refractivity contribution is -0.143. The van der Waals surface area contributed by atoms with E-state index in [1.54, 1.807) is 6.92 Å². The number of carbonyl (C=O) groups excluding carboxylic acids is 3. The summed E-state index contributed by atoms with van der Waals surface area (Å²) in [5.74, 6) is -0.808. The van der Waals surface area contributed by atoms with Crippen molar-refractivity contribution in [2.24, 2.45) is 5.73 Å². The van der Waals surface area contributed by atoms with E-state index in [1.807, 2.05) is 31.3 Å². The van der Waals surface area contributed by atoms with Crippen LogP contribution in [0, 0.1) is 0 Å². The molecule has 0 aromatic heterocycles. The van der Waals surface area contributed by atoms with E-state index in [1.165, 1.54) is 11.1 Å². The molecule has 1 aliphatic rings. The van der Waals surface area contributed by atoms with Crippen LogP contribution in [0.3, 0.4) is 0 Å². The predicted octanol–water partition coefficient (Wildman–Crippen LogP) is 2.71. The Kier molecular flexibility index (Phi) is 11.8. The highest BCUT2D eigenvalue weighted by atomic mass is 31.1. The Morgan fingerprint density at radius 2 is 1.62 bits per heavy atom. The number of hydrogen-bond donors (Lipinski definition) is 4. The van der Waals surface area contributed by atoms with Crippen LogP contribution in [0.15, 0.2) is 48.5 Å². The van der Waals surface area contributed by atoms with Gasteiger partial charge in [-0.3, -0.25) is 19.7 Å². The van der Waals surface area contributed by atoms with Gasteiger partial charge in [0.25, 0.3) is 0 Å². The predicted molar refractivity (Wildman–Crippen MR) is 149 cm³/mol. The minimum atomic E-state index is -0.595. The van der Waals surface area contributed by atoms with Crippen LogP contribution in [0.5, 0.6) is 0 Å². The van der Waals surface area contributed by atoms with Crippen molar-refractivity contribution < 1.29 is 19.1 Å². The van der Waals surface area contributed by atoms with Gasteiger partial charge in [-0.05, 0) is 64.3 Å². The number of fused-ring (bicyclic) bond motifs is 3. The fourth-order valence-corrected chi connectivity index (χ4v) is 5.18. The van der Waals surface area contributed by atoms with Crippen LogP contribution in [0.1, 0.15) is 49.7 Å². The van der Waals surface area contributed by atoms with Crippen LogP contribution in [0.2, 0.25) is 0 Å². The molecule has 0 amide bonds. The standard InChI is InChI=1S/C28H39N4O4P/c1-19(32-18-37-30-2)26(33)15-27(34)25(13-7-8-14-29)31-16-28(35)36-17-24-22-11-5-3-9-20(22)21-10-4-6-12-23(21)24/h3-6,9-12,19,24-25,30-32,37H,7-8,13-18,29H2,1-2H3/t19-,25-/m0/s1. The first-order valence-electron chi connectivity index (χ1n) is 12.9. The molecule has 1 unspecified atom stereocenters. The minimum absolute atomic E-state index is 0.0199. The van der Waals surface area contributed by atoms with E-state index in [-0.39, 0.29) is 37.1 Å². The van der Waals surface area contributed by atoms with Crippen LogP contribution in [-0.2, 0) is 19.1 Å². The summed E-state index contributed by atoms with van der Waals surface area (Å²) < 4.78 is 5.65. The molecule has 1 aliphatic carbocycles. The lowest BCUT2D eigenvalue weighted by Crippen LogP contribution is -2.43. The molecule has 0 fully saturated rings. The number of nitrogens with one attached hydrogen (secondary N) is 3. The third-order valence-corrected chi connectivity index (χ3v) is 7.44. The maximum atomic E-state index is 12.9. The number of rotatable bonds is 17. The van der Waals surface area contributed by atoms with E-state index in [4.69, 9.17) is 10.5 Å². The van der Waals surface area contributed by atoms with Gasteiger partial charge >= 0.3 is 5.97 Å². The van der Waals surface area contributed by atoms with E-state index >= 15 is 0 Å². The molecule has 200 valence electrons. The van der Waals surface area contributed by atoms with Crippen molar-refractivity contribution >= 4 is 26.3 Å². The van der Waals surface area contributed by atoms with Gasteiger partial charge in [-0.1, -0.05) is 55.0 Å². The molecule has 5 N–H and O–H groups in total. The molecule has 8 nitrogen and oxygen atoms in total. The highest BCUT2D eigenvalue weighted by molar-refractivity contribution is 7.35. The first-order valence-corrected chi connectivity index (χ1v) is 14.1. The average Bonchev–Trinajstić information content (AvgIpc) is 3.23. The summed E-state index contributed by atoms with van der Waals surface area (Å²) in [5, 5.41) is 9.21. The summed E-state index contributed by atoms with van der Waals surface area (Å²) in [5.41, 5.74) is 10.2. The Balaban J connectivity index is 1.54. The molecule has 0 saturated carbocycles. The van der Waals surface area contributed by atoms with Crippen LogP contribution in [0.25, 0.3) is 11.1 Å². The molecule has 0 radical (unpaired) electrons. The molecule has 37 heavy (non-hydrogen) atoms. The second-order valence-electron chi connectivity index (χ2n) is 9.27. The molecule has 3 atom stereocenters. The number of benzene rings is 2. The summed E-state index contributed by atoms with van der Waals surface area (Å²) in [6, 6.07) is 15.4. The van der Waals surface area contributed by atoms with Crippen LogP contribution in [0.4, 0.5) is 0 Å². The van der Waals surface area contributed by atoms with Crippen molar-refractivity contribution in [3.05, 3.63) is 59.7 Å². The van der Waals surface area contributed by atoms with E-state index in [9.17, 15) is 14.4 Å². The van der Waals surface area contributed by atoms with Gasteiger partial charge in [0.2, 0.25) is 0 Å². The zero-order valence-corrected chi connectivity index (χ0v) is 22.7. The SMILES string of the molecule is CNPCN[C@@H](C)C(=O)CC(=O)[C@H](CCCCN)NCC(=O)OCC1c2ccccc2-c2ccccc21. The van der Waals surface area contributed by atoms with Crippen molar-refractivity contribution in [2.75, 3.05) is 33.0 Å². The normalized spacial score (nSPS) is 14.4. The first kappa shape index (κ1) is 29.1. The molecule has 0 spiro atoms. The maximum absolute atomic E-state index is 12.9. The Hall–Kier alpha value is -2.48. The van der Waals surface area contributed by atoms with Gasteiger partial charge in [-0.2, -0.15) is 0 Å². The summed E-state index contributed by atoms with van der Waals surface area (Å²) >= 11 is 0. The van der Waals surface area contributed by atoms with Gasteiger partial charge in [0.15, 0.2) is 11.6 Å². The molecular formula is C28H39N4O4P. The second kappa shape index (κ2) is 15.1. The molecular weight excluding hydrogens is 487 g/mol. The van der Waals surface area contributed by atoms with Gasteiger partial charge in [0.05, 0.1) is 25.0 Å². The minimum Gasteiger partial charge on any atom is -0.464 e. The third kappa shape index (κ3) is 8.25. The topological polar surface area (TPSA) is 123 Å². The summed E-state index contributed by atoms with van der Waals surface area (Å²) in [6.45, 7) is 2.43. The zero-order valence-electron chi connectivity index (χ0n) is 21.7. The summed E-state index contributed by atoms with van der Waals surface area (Å²) in [7, 11) is 2.35. The van der Waals surface area contributed by atoms with Crippen molar-refractivity contribution in [1.82, 2.24) is 15.7 Å². The van der Waals surface area contributed by atoms with E-state index in [0.29, 0.717) is 28.0 Å². The quantitative estimate of drug-likeness (QED) is 0.107. The highest BCUT2D eigenvalue weighted by Gasteiger charge is 2.29. The first-order chi connectivity index (χ1) is 18.0. The van der Waals surface area contributed by atoms with Crippen molar-refractivity contribution in [1.29, 1.82) is 0 Å². The third-order valence-electron chi connectivity index (χ3n) is 6.71. The number of ketones is 2. The molecule has 9 heteroatoms. The van der Waals surface area contributed by atoms with Gasteiger partial charge in [-0.15, -0.1) is 0 Å². The van der Waals surface area contributed by atoms with Gasteiger partial charge in [0.1, 0.15) is 6.61 Å². The molecule has 0 saturated heterocycles. The zero-order chi connectivity index (χ0) is 26.6. The van der Waals surface area contributed by atoms with Gasteiger partial charge in [-0.25, -0.2) is 0 Å². The Morgan fingerprint density at radius 1 is 0.973 bits per heavy atom. The molecule has 2 aromatic carbocycles. The molecule has 2 aromatic rings. The summed E-state index contributed by atoms with van der Waals surface area (Å²) in [6.07, 6.45) is 2.51. The van der Waals surface area contributed by atoms with E-state index in [0.717, 1.165) is 24.0 Å². The monoisotopic (exact) mass is 526 g/mol. The van der Waals surface area contributed by atoms with Crippen LogP contribution >= 0.6 is 8.73 Å². The van der Waals surface area contributed by atoms with Gasteiger partial charge < -0.3 is 20.9 Å². The number of nitrogens with two attached hydrogens (primary N) is 1. The molecule has 0 heterocycles. The lowest BCUT2D eigenvalue weighted by atomic mass is 9.98. The number of carbonyl (C=O) groups is 3. The largest absolute Gasteiger partial charge is 0.464 e. The highest BCUT2D eigenvalue weighted by Crippen LogP contribution is 2.44. The fourth-order valence-electron chi connectivity index (χ4n) is 4.60. The number of hydrogen-bond acceptors (Lipinski definition) is 8. The second-order valence-corrected chi connectivity index (χ2v) is 10.5. The van der Waals surface area contributed by atoms with Crippen LogP contribution < -0.4 is 21.5 Å². The number of ether oxygens (including phenoxy) is 1. The smallest absolute Gasteiger partial charge is 0.319 e. The van der Waals surface area contributed by atoms with E-state index < -0.39 is 18.1 Å². The summed E-state index contributed by atoms with van der Waals surface area (Å²) in [4.78, 5) is 38.1. The van der Waals surface area contributed by atoms with E-state index in [2.05, 4.69) is 40.0 Å². The average molecular weight is 527 g/mol. The molecule has 0 aliphatic heterocycles. The van der Waals surface area contributed by atoms with Crippen molar-refractivity contribution in [3.8, 4) is 11.1 Å². The number of Topliss-reactive ketones (excluding diaryl/α,β-unsaturated/α-hetero) is 2. The molecule has 3 rings (SSSR count). The number of unbranched alkanes of at least 4 members (excludes halogenated alkanes) is 1. The van der Waals surface area contributed by atoms with Crippen molar-refractivity contribution in [3.63, 3.8) is 0 Å². The van der Waals surface area contributed by atoms with Gasteiger partial charge in [0, 0.05) is 12.2 Å². The van der Waals surface area contributed by atoms with Crippen molar-refractivity contribution in [2.45, 2.75) is 50.6 Å². The van der Waals surface area contributed by atoms with Crippen LogP contribution in [-0.4, -0.2) is 62.6 Å². The Bertz CT molecular complexity index is 1020. The maximum Gasteiger partial charge on any atom is 0.319 e. The lowest BCUT2D eigenvalue weighted by Gasteiger charge is -2.19. The number of esters is 1. The fraction of sp³-hybridized carbons (Fsp3) is 0.464. The molecule has 0 bridgehead atoms.